The number of benzene rings is 3. The molecule has 0 aliphatic rings. The van der Waals surface area contributed by atoms with Crippen LogP contribution in [0.3, 0.4) is 0 Å². The summed E-state index contributed by atoms with van der Waals surface area (Å²) >= 11 is 0. The molecule has 8 heteroatoms. The molecule has 1 heterocycles. The van der Waals surface area contributed by atoms with Crippen LogP contribution in [0.2, 0.25) is 0 Å². The number of carboxylic acids is 1. The van der Waals surface area contributed by atoms with Crippen molar-refractivity contribution in [1.82, 2.24) is 9.55 Å². The normalized spacial score (nSPS) is 10.6. The molecule has 0 radical (unpaired) electrons. The molecule has 0 amide bonds. The molecule has 3 aromatic carbocycles. The van der Waals surface area contributed by atoms with Crippen LogP contribution in [0.25, 0.3) is 11.0 Å². The Balaban J connectivity index is 0.00000342. The van der Waals surface area contributed by atoms with Crippen LogP contribution in [0, 0.1) is 0 Å². The first-order valence-corrected chi connectivity index (χ1v) is 11.2. The lowest BCUT2D eigenvalue weighted by atomic mass is 10.1. The van der Waals surface area contributed by atoms with Crippen LogP contribution >= 0.6 is 12.4 Å². The molecule has 0 bridgehead atoms. The van der Waals surface area contributed by atoms with Crippen molar-refractivity contribution in [3.63, 3.8) is 0 Å². The number of aliphatic carboxylic acids is 1. The number of methoxy groups -OCH3 is 1. The van der Waals surface area contributed by atoms with E-state index in [0.29, 0.717) is 24.5 Å². The van der Waals surface area contributed by atoms with Crippen molar-refractivity contribution in [2.24, 2.45) is 7.05 Å². The Kier molecular flexibility index (Phi) is 8.98. The topological polar surface area (TPSA) is 82.8 Å². The number of fused-ring (bicyclic) bond motifs is 1. The maximum absolute atomic E-state index is 11.1. The number of carboxylic acid groups (broad SMARTS) is 1. The van der Waals surface area contributed by atoms with E-state index in [4.69, 9.17) is 19.3 Å². The molecule has 0 aliphatic heterocycles. The maximum atomic E-state index is 11.1. The summed E-state index contributed by atoms with van der Waals surface area (Å²) in [5.41, 5.74) is 3.86. The summed E-state index contributed by atoms with van der Waals surface area (Å²) in [4.78, 5) is 15.7. The Hall–Kier alpha value is -3.71. The molecule has 1 aromatic heterocycles. The first-order chi connectivity index (χ1) is 16.5. The number of halogens is 1. The van der Waals surface area contributed by atoms with E-state index in [2.05, 4.69) is 17.1 Å². The molecule has 4 rings (SSSR count). The van der Waals surface area contributed by atoms with Crippen LogP contribution in [-0.4, -0.2) is 34.3 Å². The number of hydrogen-bond donors (Lipinski definition) is 1. The van der Waals surface area contributed by atoms with Gasteiger partial charge in [0.1, 0.15) is 29.7 Å². The number of nitrogens with zero attached hydrogens (tertiary/aromatic N) is 2. The number of hydrogen-bond acceptors (Lipinski definition) is 5. The minimum Gasteiger partial charge on any atom is -0.497 e. The van der Waals surface area contributed by atoms with Gasteiger partial charge in [-0.05, 0) is 35.7 Å². The molecule has 0 saturated heterocycles. The highest BCUT2D eigenvalue weighted by Crippen LogP contribution is 2.28. The first kappa shape index (κ1) is 25.9. The summed E-state index contributed by atoms with van der Waals surface area (Å²) in [6.45, 7) is 0.769. The third-order valence-corrected chi connectivity index (χ3v) is 5.69. The quantitative estimate of drug-likeness (QED) is 0.306. The van der Waals surface area contributed by atoms with Gasteiger partial charge in [-0.15, -0.1) is 12.4 Å². The summed E-state index contributed by atoms with van der Waals surface area (Å²) in [5, 5.41) is 9.09. The van der Waals surface area contributed by atoms with Crippen LogP contribution in [-0.2, 0) is 31.3 Å². The van der Waals surface area contributed by atoms with Gasteiger partial charge in [-0.1, -0.05) is 36.4 Å². The van der Waals surface area contributed by atoms with E-state index < -0.39 is 5.97 Å². The molecular weight excluding hydrogens is 468 g/mol. The standard InChI is InChI=1S/C27H28N2O5.ClH/c1-29-24-16-21(32-2)11-12-23(24)28-26(29)18-34-22-10-8-20(9-13-27(30)31)25(17-22)33-15-14-19-6-4-3-5-7-19;/h3-8,10-12,16-17H,9,13-15,18H2,1-2H3,(H,30,31);1H. The van der Waals surface area contributed by atoms with Gasteiger partial charge in [0.2, 0.25) is 0 Å². The Bertz CT molecular complexity index is 1270. The second kappa shape index (κ2) is 12.1. The third kappa shape index (κ3) is 6.67. The minimum atomic E-state index is -0.839. The van der Waals surface area contributed by atoms with Gasteiger partial charge in [0.25, 0.3) is 0 Å². The summed E-state index contributed by atoms with van der Waals surface area (Å²) in [6.07, 6.45) is 1.19. The highest BCUT2D eigenvalue weighted by molar-refractivity contribution is 5.85. The van der Waals surface area contributed by atoms with Crippen LogP contribution < -0.4 is 14.2 Å². The van der Waals surface area contributed by atoms with Gasteiger partial charge in [-0.25, -0.2) is 4.98 Å². The number of aromatic nitrogens is 2. The van der Waals surface area contributed by atoms with E-state index >= 15 is 0 Å². The lowest BCUT2D eigenvalue weighted by molar-refractivity contribution is -0.136. The second-order valence-electron chi connectivity index (χ2n) is 7.98. The number of carbonyl (C=O) groups is 1. The molecule has 0 aliphatic carbocycles. The highest BCUT2D eigenvalue weighted by Gasteiger charge is 2.12. The minimum absolute atomic E-state index is 0. The molecule has 4 aromatic rings. The van der Waals surface area contributed by atoms with Crippen molar-refractivity contribution in [3.05, 3.63) is 83.7 Å². The van der Waals surface area contributed by atoms with E-state index in [-0.39, 0.29) is 25.4 Å². The summed E-state index contributed by atoms with van der Waals surface area (Å²) in [6, 6.07) is 21.4. The zero-order valence-corrected chi connectivity index (χ0v) is 20.6. The van der Waals surface area contributed by atoms with Gasteiger partial charge in [0.05, 0.1) is 24.8 Å². The Morgan fingerprint density at radius 2 is 1.74 bits per heavy atom. The highest BCUT2D eigenvalue weighted by atomic mass is 35.5. The molecule has 0 spiro atoms. The lowest BCUT2D eigenvalue weighted by Crippen LogP contribution is -2.06. The molecule has 0 atom stereocenters. The SMILES string of the molecule is COc1ccc2nc(COc3ccc(CCC(=O)O)c(OCCc4ccccc4)c3)n(C)c2c1.Cl. The summed E-state index contributed by atoms with van der Waals surface area (Å²) in [5.74, 6) is 2.00. The predicted octanol–water partition coefficient (Wildman–Crippen LogP) is 5.22. The van der Waals surface area contributed by atoms with Crippen LogP contribution in [0.1, 0.15) is 23.4 Å². The number of rotatable bonds is 11. The van der Waals surface area contributed by atoms with Crippen LogP contribution in [0.4, 0.5) is 0 Å². The van der Waals surface area contributed by atoms with Crippen molar-refractivity contribution < 1.29 is 24.1 Å². The molecule has 1 N–H and O–H groups in total. The zero-order chi connectivity index (χ0) is 23.9. The average molecular weight is 497 g/mol. The van der Waals surface area contributed by atoms with E-state index in [1.165, 1.54) is 5.56 Å². The van der Waals surface area contributed by atoms with Gasteiger partial charge < -0.3 is 23.9 Å². The van der Waals surface area contributed by atoms with Crippen molar-refractivity contribution >= 4 is 29.4 Å². The van der Waals surface area contributed by atoms with Gasteiger partial charge in [0.15, 0.2) is 0 Å². The van der Waals surface area contributed by atoms with E-state index in [9.17, 15) is 4.79 Å². The lowest BCUT2D eigenvalue weighted by Gasteiger charge is -2.14. The van der Waals surface area contributed by atoms with Crippen molar-refractivity contribution in [2.75, 3.05) is 13.7 Å². The Morgan fingerprint density at radius 1 is 0.971 bits per heavy atom. The van der Waals surface area contributed by atoms with Crippen molar-refractivity contribution in [3.8, 4) is 17.2 Å². The van der Waals surface area contributed by atoms with Gasteiger partial charge in [0, 0.05) is 32.0 Å². The average Bonchev–Trinajstić information content (AvgIpc) is 3.17. The number of aryl methyl sites for hydroxylation is 2. The monoisotopic (exact) mass is 496 g/mol. The fourth-order valence-electron chi connectivity index (χ4n) is 3.75. The molecule has 0 fully saturated rings. The first-order valence-electron chi connectivity index (χ1n) is 11.2. The van der Waals surface area contributed by atoms with E-state index in [1.54, 1.807) is 7.11 Å². The molecule has 7 nitrogen and oxygen atoms in total. The third-order valence-electron chi connectivity index (χ3n) is 5.69. The van der Waals surface area contributed by atoms with Crippen molar-refractivity contribution in [2.45, 2.75) is 25.9 Å². The van der Waals surface area contributed by atoms with Gasteiger partial charge in [-0.2, -0.15) is 0 Å². The van der Waals surface area contributed by atoms with Gasteiger partial charge >= 0.3 is 5.97 Å². The second-order valence-corrected chi connectivity index (χ2v) is 7.98. The van der Waals surface area contributed by atoms with Gasteiger partial charge in [-0.3, -0.25) is 4.79 Å². The fraction of sp³-hybridized carbons (Fsp3) is 0.259. The summed E-state index contributed by atoms with van der Waals surface area (Å²) in [7, 11) is 3.59. The zero-order valence-electron chi connectivity index (χ0n) is 19.8. The summed E-state index contributed by atoms with van der Waals surface area (Å²) < 4.78 is 19.4. The van der Waals surface area contributed by atoms with Crippen molar-refractivity contribution in [1.29, 1.82) is 0 Å². The fourth-order valence-corrected chi connectivity index (χ4v) is 3.75. The molecule has 184 valence electrons. The van der Waals surface area contributed by atoms with E-state index in [0.717, 1.165) is 34.6 Å². The predicted molar refractivity (Wildman–Crippen MR) is 137 cm³/mol. The van der Waals surface area contributed by atoms with Crippen LogP contribution in [0.5, 0.6) is 17.2 Å². The molecule has 0 saturated carbocycles. The van der Waals surface area contributed by atoms with Crippen LogP contribution in [0.15, 0.2) is 66.7 Å². The van der Waals surface area contributed by atoms with E-state index in [1.807, 2.05) is 66.2 Å². The molecule has 0 unspecified atom stereocenters. The number of ether oxygens (including phenoxy) is 3. The molecule has 35 heavy (non-hydrogen) atoms. The Morgan fingerprint density at radius 3 is 2.49 bits per heavy atom. The Labute approximate surface area is 210 Å². The molecular formula is C27H29ClN2O5. The largest absolute Gasteiger partial charge is 0.497 e. The maximum Gasteiger partial charge on any atom is 0.303 e. The number of imidazole rings is 1. The smallest absolute Gasteiger partial charge is 0.303 e.